The monoisotopic (exact) mass is 326 g/mol. The maximum absolute atomic E-state index is 12.0. The number of primary sulfonamides is 1. The number of hydrogen-bond acceptors (Lipinski definition) is 5. The van der Waals surface area contributed by atoms with Crippen molar-refractivity contribution in [3.63, 3.8) is 0 Å². The van der Waals surface area contributed by atoms with Gasteiger partial charge in [0.25, 0.3) is 5.91 Å². The normalized spacial score (nSPS) is 11.3. The Kier molecular flexibility index (Phi) is 4.31. The van der Waals surface area contributed by atoms with Crippen molar-refractivity contribution in [3.05, 3.63) is 46.3 Å². The van der Waals surface area contributed by atoms with E-state index in [1.54, 1.807) is 25.1 Å². The first kappa shape index (κ1) is 15.5. The molecular weight excluding hydrogens is 312 g/mol. The number of rotatable bonds is 4. The zero-order chi connectivity index (χ0) is 15.6. The third-order valence-corrected chi connectivity index (χ3v) is 5.35. The molecule has 1 aromatic heterocycles. The fraction of sp³-hybridized carbons (Fsp3) is 0.154. The molecule has 0 saturated heterocycles. The lowest BCUT2D eigenvalue weighted by atomic mass is 10.1. The van der Waals surface area contributed by atoms with E-state index in [0.717, 1.165) is 11.3 Å². The number of aromatic hydroxyl groups is 1. The van der Waals surface area contributed by atoms with Crippen LogP contribution in [-0.2, 0) is 16.6 Å². The topological polar surface area (TPSA) is 109 Å². The number of benzene rings is 1. The maximum Gasteiger partial charge on any atom is 0.255 e. The zero-order valence-corrected chi connectivity index (χ0v) is 12.8. The van der Waals surface area contributed by atoms with Gasteiger partial charge < -0.3 is 10.4 Å². The number of sulfonamides is 1. The van der Waals surface area contributed by atoms with Crippen LogP contribution in [0.2, 0.25) is 0 Å². The number of nitrogens with two attached hydrogens (primary N) is 1. The summed E-state index contributed by atoms with van der Waals surface area (Å²) in [6, 6.07) is 7.87. The van der Waals surface area contributed by atoms with Crippen LogP contribution in [0.15, 0.2) is 34.5 Å². The second-order valence-electron chi connectivity index (χ2n) is 4.42. The molecule has 2 rings (SSSR count). The molecule has 0 unspecified atom stereocenters. The van der Waals surface area contributed by atoms with E-state index in [1.165, 1.54) is 12.1 Å². The number of phenols is 1. The summed E-state index contributed by atoms with van der Waals surface area (Å²) in [7, 11) is -3.72. The number of carbonyl (C=O) groups is 1. The van der Waals surface area contributed by atoms with E-state index in [9.17, 15) is 18.3 Å². The van der Waals surface area contributed by atoms with Gasteiger partial charge >= 0.3 is 0 Å². The quantitative estimate of drug-likeness (QED) is 0.787. The van der Waals surface area contributed by atoms with Gasteiger partial charge in [-0.2, -0.15) is 0 Å². The van der Waals surface area contributed by atoms with Gasteiger partial charge in [-0.05, 0) is 30.7 Å². The number of para-hydroxylation sites is 1. The molecule has 1 aromatic carbocycles. The molecule has 21 heavy (non-hydrogen) atoms. The molecule has 1 heterocycles. The van der Waals surface area contributed by atoms with Crippen LogP contribution in [-0.4, -0.2) is 19.4 Å². The third-order valence-electron chi connectivity index (χ3n) is 2.82. The molecule has 0 radical (unpaired) electrons. The van der Waals surface area contributed by atoms with Crippen molar-refractivity contribution in [2.45, 2.75) is 17.7 Å². The standard InChI is InChI=1S/C13H14N2O4S2/c1-8-3-2-4-10(12(8)16)13(17)15-7-9-5-6-11(20-9)21(14,18)19/h2-6,16H,7H2,1H3,(H,15,17)(H2,14,18,19). The summed E-state index contributed by atoms with van der Waals surface area (Å²) in [5, 5.41) is 17.5. The summed E-state index contributed by atoms with van der Waals surface area (Å²) in [4.78, 5) is 12.6. The Morgan fingerprint density at radius 1 is 1.33 bits per heavy atom. The molecule has 0 aliphatic carbocycles. The Labute approximate surface area is 126 Å². The number of amides is 1. The first-order valence-corrected chi connectivity index (χ1v) is 8.33. The molecule has 0 spiro atoms. The molecular formula is C13H14N2O4S2. The summed E-state index contributed by atoms with van der Waals surface area (Å²) in [6.45, 7) is 1.86. The van der Waals surface area contributed by atoms with Crippen LogP contribution in [0.5, 0.6) is 5.75 Å². The second kappa shape index (κ2) is 5.84. The highest BCUT2D eigenvalue weighted by Crippen LogP contribution is 2.22. The van der Waals surface area contributed by atoms with E-state index in [0.29, 0.717) is 10.4 Å². The van der Waals surface area contributed by atoms with Crippen molar-refractivity contribution in [2.75, 3.05) is 0 Å². The van der Waals surface area contributed by atoms with Crippen molar-refractivity contribution < 1.29 is 18.3 Å². The highest BCUT2D eigenvalue weighted by molar-refractivity contribution is 7.91. The average Bonchev–Trinajstić information content (AvgIpc) is 2.88. The Hall–Kier alpha value is -1.90. The predicted molar refractivity (Wildman–Crippen MR) is 79.7 cm³/mol. The molecule has 6 nitrogen and oxygen atoms in total. The molecule has 0 fully saturated rings. The van der Waals surface area contributed by atoms with Crippen molar-refractivity contribution in [1.82, 2.24) is 5.32 Å². The van der Waals surface area contributed by atoms with Crippen LogP contribution in [0.4, 0.5) is 0 Å². The van der Waals surface area contributed by atoms with Crippen LogP contribution in [0.1, 0.15) is 20.8 Å². The Balaban J connectivity index is 2.08. The highest BCUT2D eigenvalue weighted by atomic mass is 32.2. The number of nitrogens with one attached hydrogen (secondary N) is 1. The summed E-state index contributed by atoms with van der Waals surface area (Å²) >= 11 is 0.994. The molecule has 0 bridgehead atoms. The minimum absolute atomic E-state index is 0.0464. The van der Waals surface area contributed by atoms with E-state index in [2.05, 4.69) is 5.32 Å². The van der Waals surface area contributed by atoms with Crippen LogP contribution in [0, 0.1) is 6.92 Å². The lowest BCUT2D eigenvalue weighted by Crippen LogP contribution is -2.22. The number of thiophene rings is 1. The third kappa shape index (κ3) is 3.60. The summed E-state index contributed by atoms with van der Waals surface area (Å²) < 4.78 is 22.4. The van der Waals surface area contributed by atoms with E-state index in [-0.39, 0.29) is 22.1 Å². The van der Waals surface area contributed by atoms with Gasteiger partial charge in [-0.15, -0.1) is 11.3 Å². The van der Waals surface area contributed by atoms with Crippen LogP contribution >= 0.6 is 11.3 Å². The van der Waals surface area contributed by atoms with E-state index < -0.39 is 15.9 Å². The fourth-order valence-corrected chi connectivity index (χ4v) is 3.43. The molecule has 2 aromatic rings. The molecule has 112 valence electrons. The van der Waals surface area contributed by atoms with Crippen molar-refractivity contribution in [1.29, 1.82) is 0 Å². The van der Waals surface area contributed by atoms with E-state index in [4.69, 9.17) is 5.14 Å². The molecule has 0 atom stereocenters. The lowest BCUT2D eigenvalue weighted by molar-refractivity contribution is 0.0948. The zero-order valence-electron chi connectivity index (χ0n) is 11.2. The molecule has 0 aliphatic rings. The predicted octanol–water partition coefficient (Wildman–Crippen LogP) is 1.34. The van der Waals surface area contributed by atoms with Gasteiger partial charge in [-0.1, -0.05) is 12.1 Å². The Morgan fingerprint density at radius 2 is 2.05 bits per heavy atom. The van der Waals surface area contributed by atoms with Crippen molar-refractivity contribution in [3.8, 4) is 5.75 Å². The highest BCUT2D eigenvalue weighted by Gasteiger charge is 2.14. The summed E-state index contributed by atoms with van der Waals surface area (Å²) in [6.07, 6.45) is 0. The molecule has 8 heteroatoms. The Bertz CT molecular complexity index is 781. The number of phenolic OH excluding ortho intramolecular Hbond substituents is 1. The van der Waals surface area contributed by atoms with Gasteiger partial charge in [0, 0.05) is 4.88 Å². The first-order valence-electron chi connectivity index (χ1n) is 5.97. The smallest absolute Gasteiger partial charge is 0.255 e. The largest absolute Gasteiger partial charge is 0.507 e. The van der Waals surface area contributed by atoms with Gasteiger partial charge in [0.1, 0.15) is 9.96 Å². The van der Waals surface area contributed by atoms with Crippen LogP contribution < -0.4 is 10.5 Å². The minimum atomic E-state index is -3.72. The maximum atomic E-state index is 12.0. The molecule has 0 aliphatic heterocycles. The number of hydrogen-bond donors (Lipinski definition) is 3. The molecule has 0 saturated carbocycles. The van der Waals surface area contributed by atoms with Gasteiger partial charge in [-0.3, -0.25) is 4.79 Å². The van der Waals surface area contributed by atoms with Gasteiger partial charge in [0.2, 0.25) is 10.0 Å². The van der Waals surface area contributed by atoms with Crippen molar-refractivity contribution >= 4 is 27.3 Å². The number of carbonyl (C=O) groups excluding carboxylic acids is 1. The van der Waals surface area contributed by atoms with E-state index in [1.807, 2.05) is 0 Å². The summed E-state index contributed by atoms with van der Waals surface area (Å²) in [5.74, 6) is -0.492. The summed E-state index contributed by atoms with van der Waals surface area (Å²) in [5.41, 5.74) is 0.786. The lowest BCUT2D eigenvalue weighted by Gasteiger charge is -2.07. The molecule has 4 N–H and O–H groups in total. The van der Waals surface area contributed by atoms with Gasteiger partial charge in [-0.25, -0.2) is 13.6 Å². The van der Waals surface area contributed by atoms with Gasteiger partial charge in [0.05, 0.1) is 12.1 Å². The Morgan fingerprint density at radius 3 is 2.67 bits per heavy atom. The minimum Gasteiger partial charge on any atom is -0.507 e. The average molecular weight is 326 g/mol. The fourth-order valence-electron chi connectivity index (χ4n) is 1.71. The van der Waals surface area contributed by atoms with Crippen LogP contribution in [0.3, 0.4) is 0 Å². The molecule has 1 amide bonds. The SMILES string of the molecule is Cc1cccc(C(=O)NCc2ccc(S(N)(=O)=O)s2)c1O. The van der Waals surface area contributed by atoms with Crippen LogP contribution in [0.25, 0.3) is 0 Å². The second-order valence-corrected chi connectivity index (χ2v) is 7.38. The number of aryl methyl sites for hydroxylation is 1. The first-order chi connectivity index (χ1) is 9.79. The van der Waals surface area contributed by atoms with Crippen molar-refractivity contribution in [2.24, 2.45) is 5.14 Å². The van der Waals surface area contributed by atoms with E-state index >= 15 is 0 Å². The van der Waals surface area contributed by atoms with Gasteiger partial charge in [0.15, 0.2) is 0 Å².